The van der Waals surface area contributed by atoms with E-state index in [-0.39, 0.29) is 0 Å². The zero-order chi connectivity index (χ0) is 13.5. The van der Waals surface area contributed by atoms with Gasteiger partial charge in [0.2, 0.25) is 0 Å². The molecule has 2 rings (SSSR count). The van der Waals surface area contributed by atoms with E-state index in [4.69, 9.17) is 10.9 Å². The van der Waals surface area contributed by atoms with Crippen LogP contribution >= 0.6 is 0 Å². The van der Waals surface area contributed by atoms with Crippen molar-refractivity contribution in [1.29, 1.82) is 0 Å². The number of nitrogens with two attached hydrogens (primary N) is 1. The highest BCUT2D eigenvalue weighted by molar-refractivity contribution is 5.81. The van der Waals surface area contributed by atoms with E-state index >= 15 is 0 Å². The Morgan fingerprint density at radius 1 is 1.26 bits per heavy atom. The van der Waals surface area contributed by atoms with Crippen LogP contribution in [-0.2, 0) is 6.42 Å². The molecule has 0 radical (unpaired) electrons. The van der Waals surface area contributed by atoms with Gasteiger partial charge in [-0.15, -0.1) is 0 Å². The van der Waals surface area contributed by atoms with Crippen molar-refractivity contribution in [3.63, 3.8) is 0 Å². The molecular formula is C15H23N3O. The zero-order valence-corrected chi connectivity index (χ0v) is 11.3. The van der Waals surface area contributed by atoms with Crippen molar-refractivity contribution < 1.29 is 5.21 Å². The molecular weight excluding hydrogens is 238 g/mol. The van der Waals surface area contributed by atoms with E-state index < -0.39 is 0 Å². The molecule has 3 N–H and O–H groups in total. The van der Waals surface area contributed by atoms with Crippen LogP contribution in [0.3, 0.4) is 0 Å². The summed E-state index contributed by atoms with van der Waals surface area (Å²) >= 11 is 0. The maximum absolute atomic E-state index is 8.75. The quantitative estimate of drug-likeness (QED) is 0.357. The Labute approximate surface area is 114 Å². The van der Waals surface area contributed by atoms with Crippen LogP contribution in [0.1, 0.15) is 31.2 Å². The second-order valence-corrected chi connectivity index (χ2v) is 5.24. The number of rotatable bonds is 6. The lowest BCUT2D eigenvalue weighted by Crippen LogP contribution is -2.41. The number of hydrogen-bond donors (Lipinski definition) is 2. The minimum atomic E-state index is 0.306. The van der Waals surface area contributed by atoms with Gasteiger partial charge in [0, 0.05) is 12.6 Å². The summed E-state index contributed by atoms with van der Waals surface area (Å²) in [6.07, 6.45) is 6.06. The minimum Gasteiger partial charge on any atom is -0.409 e. The van der Waals surface area contributed by atoms with Crippen molar-refractivity contribution in [3.8, 4) is 0 Å². The third kappa shape index (κ3) is 4.24. The number of nitrogens with zero attached hydrogens (tertiary/aromatic N) is 2. The van der Waals surface area contributed by atoms with Gasteiger partial charge in [0.15, 0.2) is 5.84 Å². The summed E-state index contributed by atoms with van der Waals surface area (Å²) in [6.45, 7) is 1.53. The highest BCUT2D eigenvalue weighted by Gasteiger charge is 2.22. The average Bonchev–Trinajstić information content (AvgIpc) is 2.98. The van der Waals surface area contributed by atoms with Crippen molar-refractivity contribution in [2.45, 2.75) is 38.1 Å². The smallest absolute Gasteiger partial charge is 0.153 e. The van der Waals surface area contributed by atoms with Crippen LogP contribution in [0.15, 0.2) is 35.5 Å². The van der Waals surface area contributed by atoms with E-state index in [9.17, 15) is 0 Å². The van der Waals surface area contributed by atoms with Crippen LogP contribution in [0.2, 0.25) is 0 Å². The fraction of sp³-hybridized carbons (Fsp3) is 0.533. The first-order valence-corrected chi connectivity index (χ1v) is 7.04. The maximum Gasteiger partial charge on any atom is 0.153 e. The summed E-state index contributed by atoms with van der Waals surface area (Å²) in [6, 6.07) is 11.1. The lowest BCUT2D eigenvalue weighted by molar-refractivity contribution is 0.225. The van der Waals surface area contributed by atoms with Gasteiger partial charge in [-0.05, 0) is 24.8 Å². The number of benzene rings is 1. The Kier molecular flexibility index (Phi) is 5.21. The first kappa shape index (κ1) is 13.9. The molecule has 4 heteroatoms. The summed E-state index contributed by atoms with van der Waals surface area (Å²) in [5, 5.41) is 11.9. The molecule has 0 amide bonds. The van der Waals surface area contributed by atoms with E-state index in [0.717, 1.165) is 13.0 Å². The Morgan fingerprint density at radius 2 is 1.95 bits per heavy atom. The topological polar surface area (TPSA) is 61.8 Å². The second kappa shape index (κ2) is 7.14. The first-order chi connectivity index (χ1) is 9.29. The molecule has 1 aromatic rings. The van der Waals surface area contributed by atoms with Gasteiger partial charge in [-0.3, -0.25) is 4.90 Å². The van der Waals surface area contributed by atoms with Crippen molar-refractivity contribution in [2.75, 3.05) is 13.1 Å². The van der Waals surface area contributed by atoms with E-state index in [1.54, 1.807) is 0 Å². The second-order valence-electron chi connectivity index (χ2n) is 5.24. The number of hydrogen-bond acceptors (Lipinski definition) is 3. The predicted molar refractivity (Wildman–Crippen MR) is 77.4 cm³/mol. The van der Waals surface area contributed by atoms with E-state index in [1.165, 1.54) is 31.2 Å². The maximum atomic E-state index is 8.75. The molecule has 0 atom stereocenters. The van der Waals surface area contributed by atoms with Crippen molar-refractivity contribution >= 4 is 5.84 Å². The van der Waals surface area contributed by atoms with E-state index in [2.05, 4.69) is 34.3 Å². The normalized spacial score (nSPS) is 17.2. The van der Waals surface area contributed by atoms with Gasteiger partial charge in [-0.2, -0.15) is 0 Å². The summed E-state index contributed by atoms with van der Waals surface area (Å²) < 4.78 is 0. The molecule has 1 aliphatic carbocycles. The lowest BCUT2D eigenvalue weighted by Gasteiger charge is -2.28. The molecule has 0 saturated heterocycles. The van der Waals surface area contributed by atoms with Crippen LogP contribution < -0.4 is 5.73 Å². The summed E-state index contributed by atoms with van der Waals surface area (Å²) in [5.74, 6) is 0.306. The van der Waals surface area contributed by atoms with Gasteiger partial charge in [0.05, 0.1) is 6.54 Å². The Bertz CT molecular complexity index is 399. The number of oxime groups is 1. The molecule has 0 heterocycles. The molecule has 0 spiro atoms. The van der Waals surface area contributed by atoms with Gasteiger partial charge in [0.1, 0.15) is 0 Å². The highest BCUT2D eigenvalue weighted by Crippen LogP contribution is 2.23. The van der Waals surface area contributed by atoms with Crippen molar-refractivity contribution in [1.82, 2.24) is 4.90 Å². The molecule has 19 heavy (non-hydrogen) atoms. The molecule has 1 fully saturated rings. The molecule has 104 valence electrons. The minimum absolute atomic E-state index is 0.306. The molecule has 0 unspecified atom stereocenters. The molecule has 4 nitrogen and oxygen atoms in total. The van der Waals surface area contributed by atoms with Crippen LogP contribution in [-0.4, -0.2) is 35.1 Å². The van der Waals surface area contributed by atoms with Crippen molar-refractivity contribution in [3.05, 3.63) is 35.9 Å². The Balaban J connectivity index is 1.93. The van der Waals surface area contributed by atoms with E-state index in [0.29, 0.717) is 18.4 Å². The largest absolute Gasteiger partial charge is 0.409 e. The predicted octanol–water partition coefficient (Wildman–Crippen LogP) is 2.22. The molecule has 0 bridgehead atoms. The molecule has 0 aliphatic heterocycles. The van der Waals surface area contributed by atoms with Gasteiger partial charge < -0.3 is 10.9 Å². The van der Waals surface area contributed by atoms with Gasteiger partial charge >= 0.3 is 0 Å². The lowest BCUT2D eigenvalue weighted by atomic mass is 10.1. The summed E-state index contributed by atoms with van der Waals surface area (Å²) in [5.41, 5.74) is 7.01. The average molecular weight is 261 g/mol. The fourth-order valence-electron chi connectivity index (χ4n) is 2.82. The van der Waals surface area contributed by atoms with Gasteiger partial charge in [0.25, 0.3) is 0 Å². The van der Waals surface area contributed by atoms with Crippen LogP contribution in [0.4, 0.5) is 0 Å². The fourth-order valence-corrected chi connectivity index (χ4v) is 2.82. The monoisotopic (exact) mass is 261 g/mol. The van der Waals surface area contributed by atoms with Crippen LogP contribution in [0.25, 0.3) is 0 Å². The van der Waals surface area contributed by atoms with Crippen LogP contribution in [0, 0.1) is 0 Å². The molecule has 1 aromatic carbocycles. The Hall–Kier alpha value is -1.55. The highest BCUT2D eigenvalue weighted by atomic mass is 16.4. The number of amidine groups is 1. The van der Waals surface area contributed by atoms with Crippen LogP contribution in [0.5, 0.6) is 0 Å². The van der Waals surface area contributed by atoms with Gasteiger partial charge in [-0.1, -0.05) is 48.3 Å². The standard InChI is InChI=1S/C15H23N3O/c16-15(17-19)12-18(14-8-4-5-9-14)11-10-13-6-2-1-3-7-13/h1-3,6-7,14,19H,4-5,8-12H2,(H2,16,17). The third-order valence-corrected chi connectivity index (χ3v) is 3.87. The molecule has 1 saturated carbocycles. The van der Waals surface area contributed by atoms with Crippen molar-refractivity contribution in [2.24, 2.45) is 10.9 Å². The molecule has 0 aromatic heterocycles. The zero-order valence-electron chi connectivity index (χ0n) is 11.3. The third-order valence-electron chi connectivity index (χ3n) is 3.87. The SMILES string of the molecule is NC(CN(CCc1ccccc1)C1CCCC1)=NO. The molecule has 1 aliphatic rings. The summed E-state index contributed by atoms with van der Waals surface area (Å²) in [7, 11) is 0. The summed E-state index contributed by atoms with van der Waals surface area (Å²) in [4.78, 5) is 2.36. The van der Waals surface area contributed by atoms with Gasteiger partial charge in [-0.25, -0.2) is 0 Å². The Morgan fingerprint density at radius 3 is 2.58 bits per heavy atom. The first-order valence-electron chi connectivity index (χ1n) is 7.04. The van der Waals surface area contributed by atoms with E-state index in [1.807, 2.05) is 6.07 Å².